The van der Waals surface area contributed by atoms with E-state index in [1.807, 2.05) is 13.8 Å². The number of benzene rings is 1. The van der Waals surface area contributed by atoms with Gasteiger partial charge in [0.1, 0.15) is 10.9 Å². The maximum absolute atomic E-state index is 12.8. The fourth-order valence-corrected chi connectivity index (χ4v) is 2.54. The number of ether oxygens (including phenoxy) is 1. The Labute approximate surface area is 164 Å². The Kier molecular flexibility index (Phi) is 7.19. The van der Waals surface area contributed by atoms with E-state index in [2.05, 4.69) is 15.6 Å². The molecule has 2 aromatic rings. The SMILES string of the molecule is CCOc1ccc(NC(=O)C(C)C)cc1C(=O)NC(C)c1cccc(Cl)n1. The Hall–Kier alpha value is -2.60. The molecule has 1 unspecified atom stereocenters. The Morgan fingerprint density at radius 1 is 1.19 bits per heavy atom. The summed E-state index contributed by atoms with van der Waals surface area (Å²) in [5.74, 6) is -0.165. The highest BCUT2D eigenvalue weighted by Crippen LogP contribution is 2.24. The summed E-state index contributed by atoms with van der Waals surface area (Å²) in [6, 6.07) is 9.90. The quantitative estimate of drug-likeness (QED) is 0.695. The molecule has 0 fully saturated rings. The second kappa shape index (κ2) is 9.37. The third-order valence-electron chi connectivity index (χ3n) is 3.84. The Morgan fingerprint density at radius 2 is 1.93 bits per heavy atom. The van der Waals surface area contributed by atoms with Crippen molar-refractivity contribution in [3.63, 3.8) is 0 Å². The lowest BCUT2D eigenvalue weighted by Crippen LogP contribution is -2.28. The lowest BCUT2D eigenvalue weighted by Gasteiger charge is -2.17. The van der Waals surface area contributed by atoms with Crippen molar-refractivity contribution in [3.8, 4) is 5.75 Å². The minimum absolute atomic E-state index is 0.123. The standard InChI is InChI=1S/C20H24ClN3O3/c1-5-27-17-10-9-14(23-19(25)12(2)3)11-15(17)20(26)22-13(4)16-7-6-8-18(21)24-16/h6-13H,5H2,1-4H3,(H,22,26)(H,23,25). The summed E-state index contributed by atoms with van der Waals surface area (Å²) >= 11 is 5.92. The zero-order valence-corrected chi connectivity index (χ0v) is 16.6. The molecular formula is C20H24ClN3O3. The molecule has 1 heterocycles. The van der Waals surface area contributed by atoms with E-state index in [0.29, 0.717) is 34.5 Å². The second-order valence-electron chi connectivity index (χ2n) is 6.37. The third-order valence-corrected chi connectivity index (χ3v) is 4.05. The first-order chi connectivity index (χ1) is 12.8. The van der Waals surface area contributed by atoms with Gasteiger partial charge in [-0.2, -0.15) is 0 Å². The molecule has 2 N–H and O–H groups in total. The van der Waals surface area contributed by atoms with Crippen molar-refractivity contribution in [2.45, 2.75) is 33.7 Å². The molecule has 7 heteroatoms. The number of anilines is 1. The van der Waals surface area contributed by atoms with Crippen molar-refractivity contribution in [2.24, 2.45) is 5.92 Å². The van der Waals surface area contributed by atoms with E-state index in [1.54, 1.807) is 50.2 Å². The first-order valence-electron chi connectivity index (χ1n) is 8.82. The molecule has 0 aliphatic carbocycles. The molecule has 0 radical (unpaired) electrons. The number of hydrogen-bond donors (Lipinski definition) is 2. The molecule has 2 rings (SSSR count). The number of hydrogen-bond acceptors (Lipinski definition) is 4. The Bertz CT molecular complexity index is 824. The number of halogens is 1. The minimum Gasteiger partial charge on any atom is -0.493 e. The summed E-state index contributed by atoms with van der Waals surface area (Å²) in [4.78, 5) is 29.0. The van der Waals surface area contributed by atoms with Crippen molar-refractivity contribution < 1.29 is 14.3 Å². The van der Waals surface area contributed by atoms with Crippen molar-refractivity contribution in [1.82, 2.24) is 10.3 Å². The highest BCUT2D eigenvalue weighted by molar-refractivity contribution is 6.29. The zero-order chi connectivity index (χ0) is 20.0. The molecule has 6 nitrogen and oxygen atoms in total. The lowest BCUT2D eigenvalue weighted by molar-refractivity contribution is -0.118. The number of pyridine rings is 1. The van der Waals surface area contributed by atoms with Gasteiger partial charge in [0, 0.05) is 11.6 Å². The van der Waals surface area contributed by atoms with Crippen LogP contribution in [0.15, 0.2) is 36.4 Å². The number of aromatic nitrogens is 1. The Balaban J connectivity index is 2.24. The Morgan fingerprint density at radius 3 is 2.56 bits per heavy atom. The normalized spacial score (nSPS) is 11.8. The predicted molar refractivity (Wildman–Crippen MR) is 106 cm³/mol. The lowest BCUT2D eigenvalue weighted by atomic mass is 10.1. The van der Waals surface area contributed by atoms with Gasteiger partial charge in [-0.3, -0.25) is 9.59 Å². The van der Waals surface area contributed by atoms with Gasteiger partial charge in [0.15, 0.2) is 0 Å². The summed E-state index contributed by atoms with van der Waals surface area (Å²) in [6.45, 7) is 7.69. The van der Waals surface area contributed by atoms with Gasteiger partial charge in [-0.05, 0) is 44.2 Å². The molecule has 1 aromatic heterocycles. The largest absolute Gasteiger partial charge is 0.493 e. The molecule has 0 aliphatic heterocycles. The van der Waals surface area contributed by atoms with Crippen LogP contribution in [0.1, 0.15) is 49.8 Å². The fraction of sp³-hybridized carbons (Fsp3) is 0.350. The molecule has 2 amide bonds. The van der Waals surface area contributed by atoms with E-state index in [0.717, 1.165) is 0 Å². The van der Waals surface area contributed by atoms with Crippen LogP contribution in [-0.2, 0) is 4.79 Å². The number of rotatable bonds is 7. The van der Waals surface area contributed by atoms with Crippen LogP contribution in [0.5, 0.6) is 5.75 Å². The van der Waals surface area contributed by atoms with Crippen molar-refractivity contribution in [2.75, 3.05) is 11.9 Å². The van der Waals surface area contributed by atoms with E-state index >= 15 is 0 Å². The fourth-order valence-electron chi connectivity index (χ4n) is 2.37. The van der Waals surface area contributed by atoms with Crippen molar-refractivity contribution in [1.29, 1.82) is 0 Å². The van der Waals surface area contributed by atoms with Crippen LogP contribution in [0, 0.1) is 5.92 Å². The van der Waals surface area contributed by atoms with Crippen LogP contribution in [0.25, 0.3) is 0 Å². The summed E-state index contributed by atoms with van der Waals surface area (Å²) < 4.78 is 5.56. The van der Waals surface area contributed by atoms with Gasteiger partial charge >= 0.3 is 0 Å². The van der Waals surface area contributed by atoms with E-state index in [-0.39, 0.29) is 23.8 Å². The number of nitrogens with zero attached hydrogens (tertiary/aromatic N) is 1. The average molecular weight is 390 g/mol. The maximum Gasteiger partial charge on any atom is 0.255 e. The summed E-state index contributed by atoms with van der Waals surface area (Å²) in [6.07, 6.45) is 0. The predicted octanol–water partition coefficient (Wildman–Crippen LogP) is 4.22. The summed E-state index contributed by atoms with van der Waals surface area (Å²) in [5, 5.41) is 6.05. The van der Waals surface area contributed by atoms with Gasteiger partial charge in [0.25, 0.3) is 5.91 Å². The van der Waals surface area contributed by atoms with Gasteiger partial charge in [0.05, 0.1) is 23.9 Å². The van der Waals surface area contributed by atoms with E-state index in [9.17, 15) is 9.59 Å². The van der Waals surface area contributed by atoms with Crippen LogP contribution in [-0.4, -0.2) is 23.4 Å². The van der Waals surface area contributed by atoms with Crippen LogP contribution in [0.3, 0.4) is 0 Å². The molecule has 0 bridgehead atoms. The number of carbonyl (C=O) groups is 2. The van der Waals surface area contributed by atoms with Gasteiger partial charge in [-0.15, -0.1) is 0 Å². The van der Waals surface area contributed by atoms with Crippen LogP contribution < -0.4 is 15.4 Å². The summed E-state index contributed by atoms with van der Waals surface area (Å²) in [7, 11) is 0. The van der Waals surface area contributed by atoms with E-state index in [4.69, 9.17) is 16.3 Å². The van der Waals surface area contributed by atoms with Crippen LogP contribution in [0.4, 0.5) is 5.69 Å². The monoisotopic (exact) mass is 389 g/mol. The molecule has 0 spiro atoms. The molecule has 0 aliphatic rings. The molecule has 0 saturated carbocycles. The van der Waals surface area contributed by atoms with Gasteiger partial charge < -0.3 is 15.4 Å². The average Bonchev–Trinajstić information content (AvgIpc) is 2.62. The highest BCUT2D eigenvalue weighted by Gasteiger charge is 2.18. The van der Waals surface area contributed by atoms with Crippen molar-refractivity contribution in [3.05, 3.63) is 52.8 Å². The van der Waals surface area contributed by atoms with Crippen LogP contribution >= 0.6 is 11.6 Å². The van der Waals surface area contributed by atoms with Gasteiger partial charge in [0.2, 0.25) is 5.91 Å². The first kappa shape index (κ1) is 20.7. The topological polar surface area (TPSA) is 80.3 Å². The zero-order valence-electron chi connectivity index (χ0n) is 15.9. The van der Waals surface area contributed by atoms with Crippen LogP contribution in [0.2, 0.25) is 5.15 Å². The number of nitrogens with one attached hydrogen (secondary N) is 2. The number of amides is 2. The van der Waals surface area contributed by atoms with E-state index < -0.39 is 0 Å². The van der Waals surface area contributed by atoms with E-state index in [1.165, 1.54) is 0 Å². The molecule has 144 valence electrons. The minimum atomic E-state index is -0.348. The van der Waals surface area contributed by atoms with Crippen molar-refractivity contribution >= 4 is 29.1 Å². The molecular weight excluding hydrogens is 366 g/mol. The highest BCUT2D eigenvalue weighted by atomic mass is 35.5. The van der Waals surface area contributed by atoms with Gasteiger partial charge in [-0.25, -0.2) is 4.98 Å². The smallest absolute Gasteiger partial charge is 0.255 e. The number of carbonyl (C=O) groups excluding carboxylic acids is 2. The molecule has 27 heavy (non-hydrogen) atoms. The molecule has 1 atom stereocenters. The first-order valence-corrected chi connectivity index (χ1v) is 9.20. The maximum atomic E-state index is 12.8. The third kappa shape index (κ3) is 5.69. The van der Waals surface area contributed by atoms with Gasteiger partial charge in [-0.1, -0.05) is 31.5 Å². The second-order valence-corrected chi connectivity index (χ2v) is 6.76. The molecule has 0 saturated heterocycles. The summed E-state index contributed by atoms with van der Waals surface area (Å²) in [5.41, 5.74) is 1.53. The molecule has 1 aromatic carbocycles.